The molecule has 1 fully saturated rings. The molecule has 8 heteroatoms. The van der Waals surface area contributed by atoms with E-state index >= 15 is 0 Å². The Morgan fingerprint density at radius 2 is 1.74 bits per heavy atom. The predicted molar refractivity (Wildman–Crippen MR) is 142 cm³/mol. The minimum absolute atomic E-state index is 0.0275. The Morgan fingerprint density at radius 3 is 2.42 bits per heavy atom. The third-order valence-electron chi connectivity index (χ3n) is 8.07. The molecule has 4 atom stereocenters. The van der Waals surface area contributed by atoms with Crippen LogP contribution in [-0.4, -0.2) is 34.3 Å². The maximum atomic E-state index is 13.9. The summed E-state index contributed by atoms with van der Waals surface area (Å²) in [5.74, 6) is -3.72. The lowest BCUT2D eigenvalue weighted by atomic mass is 9.59. The van der Waals surface area contributed by atoms with Crippen LogP contribution in [0.5, 0.6) is 5.75 Å². The summed E-state index contributed by atoms with van der Waals surface area (Å²) in [5.41, 5.74) is 3.04. The first-order valence-corrected chi connectivity index (χ1v) is 13.1. The SMILES string of the molecule is CC(=O)c1ccc(N2C(=O)C3CC=C4C(c5cccc(O)c5)C5=C(CC4C3C2=O)C(=O)C(Br)=CC5=O)cc1. The summed E-state index contributed by atoms with van der Waals surface area (Å²) in [7, 11) is 0. The van der Waals surface area contributed by atoms with Gasteiger partial charge in [-0.25, -0.2) is 0 Å². The van der Waals surface area contributed by atoms with Crippen LogP contribution in [0.15, 0.2) is 81.9 Å². The largest absolute Gasteiger partial charge is 0.508 e. The molecule has 1 N–H and O–H groups in total. The molecule has 38 heavy (non-hydrogen) atoms. The van der Waals surface area contributed by atoms with E-state index in [2.05, 4.69) is 15.9 Å². The summed E-state index contributed by atoms with van der Waals surface area (Å²) in [6.45, 7) is 1.45. The maximum absolute atomic E-state index is 13.9. The molecule has 1 aliphatic heterocycles. The van der Waals surface area contributed by atoms with Crippen molar-refractivity contribution in [1.29, 1.82) is 0 Å². The van der Waals surface area contributed by atoms with Crippen LogP contribution in [0.2, 0.25) is 0 Å². The molecule has 4 aliphatic rings. The van der Waals surface area contributed by atoms with Gasteiger partial charge in [0.1, 0.15) is 5.75 Å². The molecule has 1 heterocycles. The van der Waals surface area contributed by atoms with Crippen molar-refractivity contribution in [2.75, 3.05) is 4.90 Å². The molecule has 190 valence electrons. The molecule has 0 aromatic heterocycles. The molecule has 4 unspecified atom stereocenters. The molecule has 2 amide bonds. The fourth-order valence-corrected chi connectivity index (χ4v) is 6.84. The van der Waals surface area contributed by atoms with Crippen molar-refractivity contribution < 1.29 is 29.1 Å². The molecule has 7 nitrogen and oxygen atoms in total. The van der Waals surface area contributed by atoms with Gasteiger partial charge in [-0.2, -0.15) is 0 Å². The van der Waals surface area contributed by atoms with Crippen molar-refractivity contribution in [3.05, 3.63) is 93.0 Å². The summed E-state index contributed by atoms with van der Waals surface area (Å²) in [5, 5.41) is 10.2. The van der Waals surface area contributed by atoms with Crippen molar-refractivity contribution in [3.8, 4) is 5.75 Å². The van der Waals surface area contributed by atoms with Crippen LogP contribution >= 0.6 is 15.9 Å². The van der Waals surface area contributed by atoms with Gasteiger partial charge in [0.05, 0.1) is 22.0 Å². The summed E-state index contributed by atoms with van der Waals surface area (Å²) < 4.78 is 0.164. The minimum Gasteiger partial charge on any atom is -0.508 e. The summed E-state index contributed by atoms with van der Waals surface area (Å²) in [6.07, 6.45) is 3.70. The Bertz CT molecular complexity index is 1560. The van der Waals surface area contributed by atoms with Crippen LogP contribution in [0, 0.1) is 17.8 Å². The van der Waals surface area contributed by atoms with E-state index in [-0.39, 0.29) is 45.8 Å². The van der Waals surface area contributed by atoms with Gasteiger partial charge in [0.15, 0.2) is 17.3 Å². The number of anilines is 1. The van der Waals surface area contributed by atoms with Crippen molar-refractivity contribution in [2.45, 2.75) is 25.7 Å². The standard InChI is InChI=1S/C30H22BrNO6/c1-14(33)15-5-7-17(8-6-15)32-29(37)20-10-9-19-21(26(20)30(32)38)12-22-27(24(35)13-23(31)28(22)36)25(19)16-3-2-4-18(34)11-16/h2-9,11,13,20-21,25-26,34H,10,12H2,1H3. The van der Waals surface area contributed by atoms with Crippen molar-refractivity contribution in [2.24, 2.45) is 17.8 Å². The van der Waals surface area contributed by atoms with Crippen LogP contribution in [0.1, 0.15) is 41.6 Å². The van der Waals surface area contributed by atoms with Gasteiger partial charge in [0.2, 0.25) is 11.8 Å². The summed E-state index contributed by atoms with van der Waals surface area (Å²) in [4.78, 5) is 66.7. The first-order valence-electron chi connectivity index (χ1n) is 12.3. The number of phenols is 1. The maximum Gasteiger partial charge on any atom is 0.238 e. The number of halogens is 1. The van der Waals surface area contributed by atoms with Gasteiger partial charge in [0.25, 0.3) is 0 Å². The van der Waals surface area contributed by atoms with E-state index in [9.17, 15) is 29.1 Å². The summed E-state index contributed by atoms with van der Waals surface area (Å²) >= 11 is 3.21. The number of hydrogen-bond acceptors (Lipinski definition) is 6. The molecule has 2 aromatic carbocycles. The molecule has 0 saturated carbocycles. The van der Waals surface area contributed by atoms with Gasteiger partial charge >= 0.3 is 0 Å². The molecular formula is C30H22BrNO6. The van der Waals surface area contributed by atoms with Gasteiger partial charge in [-0.15, -0.1) is 0 Å². The lowest BCUT2D eigenvalue weighted by Crippen LogP contribution is -2.39. The number of allylic oxidation sites excluding steroid dienone is 6. The molecule has 1 saturated heterocycles. The number of amides is 2. The van der Waals surface area contributed by atoms with Crippen LogP contribution < -0.4 is 4.90 Å². The van der Waals surface area contributed by atoms with Crippen LogP contribution in [0.25, 0.3) is 0 Å². The number of aromatic hydroxyl groups is 1. The van der Waals surface area contributed by atoms with E-state index < -0.39 is 23.7 Å². The topological polar surface area (TPSA) is 109 Å². The molecule has 0 radical (unpaired) electrons. The number of imide groups is 1. The Morgan fingerprint density at radius 1 is 1.00 bits per heavy atom. The molecule has 6 rings (SSSR count). The van der Waals surface area contributed by atoms with Crippen LogP contribution in [0.3, 0.4) is 0 Å². The van der Waals surface area contributed by atoms with Gasteiger partial charge in [-0.3, -0.25) is 28.9 Å². The van der Waals surface area contributed by atoms with Gasteiger partial charge < -0.3 is 5.11 Å². The third kappa shape index (κ3) is 3.58. The molecule has 0 spiro atoms. The molecular weight excluding hydrogens is 550 g/mol. The van der Waals surface area contributed by atoms with Crippen molar-refractivity contribution in [1.82, 2.24) is 0 Å². The van der Waals surface area contributed by atoms with E-state index in [4.69, 9.17) is 0 Å². The van der Waals surface area contributed by atoms with Crippen molar-refractivity contribution in [3.63, 3.8) is 0 Å². The number of phenolic OH excluding ortho intramolecular Hbond substituents is 1. The highest BCUT2D eigenvalue weighted by molar-refractivity contribution is 9.12. The highest BCUT2D eigenvalue weighted by Crippen LogP contribution is 2.55. The molecule has 0 bridgehead atoms. The number of carbonyl (C=O) groups excluding carboxylic acids is 5. The van der Waals surface area contributed by atoms with Crippen LogP contribution in [0.4, 0.5) is 5.69 Å². The Balaban J connectivity index is 1.45. The van der Waals surface area contributed by atoms with E-state index in [0.717, 1.165) is 5.57 Å². The van der Waals surface area contributed by atoms with Gasteiger partial charge in [0, 0.05) is 28.7 Å². The zero-order valence-corrected chi connectivity index (χ0v) is 21.9. The first-order chi connectivity index (χ1) is 18.2. The fourth-order valence-electron chi connectivity index (χ4n) is 6.39. The smallest absolute Gasteiger partial charge is 0.238 e. The van der Waals surface area contributed by atoms with E-state index in [1.807, 2.05) is 6.08 Å². The van der Waals surface area contributed by atoms with E-state index in [1.54, 1.807) is 42.5 Å². The fraction of sp³-hybridized carbons (Fsp3) is 0.233. The highest BCUT2D eigenvalue weighted by Gasteiger charge is 2.56. The second-order valence-electron chi connectivity index (χ2n) is 10.1. The zero-order chi connectivity index (χ0) is 26.9. The van der Waals surface area contributed by atoms with Gasteiger partial charge in [-0.1, -0.05) is 23.8 Å². The number of carbonyl (C=O) groups is 5. The Labute approximate surface area is 226 Å². The first kappa shape index (κ1) is 24.4. The van der Waals surface area contributed by atoms with Crippen LogP contribution in [-0.2, 0) is 19.2 Å². The predicted octanol–water partition coefficient (Wildman–Crippen LogP) is 4.56. The quantitative estimate of drug-likeness (QED) is 0.250. The summed E-state index contributed by atoms with van der Waals surface area (Å²) in [6, 6.07) is 13.0. The Hall–Kier alpha value is -3.91. The number of hydrogen-bond donors (Lipinski definition) is 1. The highest BCUT2D eigenvalue weighted by atomic mass is 79.9. The third-order valence-corrected chi connectivity index (χ3v) is 8.66. The van der Waals surface area contributed by atoms with Crippen molar-refractivity contribution >= 4 is 50.8 Å². The number of ketones is 3. The number of nitrogens with zero attached hydrogens (tertiary/aromatic N) is 1. The molecule has 3 aliphatic carbocycles. The molecule has 2 aromatic rings. The average Bonchev–Trinajstić information content (AvgIpc) is 3.15. The average molecular weight is 572 g/mol. The normalized spacial score (nSPS) is 26.5. The number of benzene rings is 2. The minimum atomic E-state index is -0.698. The Kier molecular flexibility index (Phi) is 5.68. The van der Waals surface area contributed by atoms with Gasteiger partial charge in [-0.05, 0) is 83.6 Å². The van der Waals surface area contributed by atoms with E-state index in [0.29, 0.717) is 34.4 Å². The number of rotatable bonds is 3. The monoisotopic (exact) mass is 571 g/mol. The second-order valence-corrected chi connectivity index (χ2v) is 11.0. The number of Topliss-reactive ketones (excluding diaryl/α,β-unsaturated/α-hetero) is 2. The van der Waals surface area contributed by atoms with E-state index in [1.165, 1.54) is 24.0 Å². The second kappa shape index (κ2) is 8.84. The zero-order valence-electron chi connectivity index (χ0n) is 20.3. The lowest BCUT2D eigenvalue weighted by Gasteiger charge is -2.42. The lowest BCUT2D eigenvalue weighted by molar-refractivity contribution is -0.123. The number of fused-ring (bicyclic) bond motifs is 3.